The van der Waals surface area contributed by atoms with E-state index in [4.69, 9.17) is 9.97 Å². The van der Waals surface area contributed by atoms with Crippen molar-refractivity contribution in [2.24, 2.45) is 0 Å². The van der Waals surface area contributed by atoms with Crippen LogP contribution in [0.5, 0.6) is 0 Å². The molecular formula is C58H37N3S2. The molecule has 0 spiro atoms. The van der Waals surface area contributed by atoms with Crippen molar-refractivity contribution in [2.75, 3.05) is 4.90 Å². The van der Waals surface area contributed by atoms with Crippen LogP contribution in [0, 0.1) is 0 Å². The van der Waals surface area contributed by atoms with E-state index in [1.165, 1.54) is 91.2 Å². The molecule has 5 heteroatoms. The molecule has 0 saturated heterocycles. The van der Waals surface area contributed by atoms with Gasteiger partial charge >= 0.3 is 0 Å². The lowest BCUT2D eigenvalue weighted by Crippen LogP contribution is -2.27. The Labute approximate surface area is 372 Å². The number of fused-ring (bicyclic) bond motifs is 15. The predicted octanol–water partition coefficient (Wildman–Crippen LogP) is 16.5. The molecule has 3 aromatic heterocycles. The number of benzene rings is 8. The van der Waals surface area contributed by atoms with Gasteiger partial charge in [0.05, 0.1) is 16.3 Å². The zero-order valence-corrected chi connectivity index (χ0v) is 35.8. The number of para-hydroxylation sites is 1. The highest BCUT2D eigenvalue weighted by Crippen LogP contribution is 2.64. The first-order valence-electron chi connectivity index (χ1n) is 21.9. The van der Waals surface area contributed by atoms with Gasteiger partial charge in [-0.3, -0.25) is 0 Å². The standard InChI is InChI=1S/C58H37N3S2/c1-2-15-34(16-3-1)57-59-53-45-26-11-13-28-49(45)63-56(53)58(60-57)61-48-27-12-10-25-44(48)51-42-23-8-9-24-43(42)52-47-32-36(29-30-50(47)62-55(52)54(51)61)35-18-14-19-37(31-35)46-33-38-17-4-5-20-39(38)40-21-6-7-22-41(40)46/h1-7,9-22,24-33,51,54H,8,23H2. The Morgan fingerprint density at radius 2 is 1.27 bits per heavy atom. The van der Waals surface area contributed by atoms with Gasteiger partial charge in [0, 0.05) is 47.8 Å². The minimum Gasteiger partial charge on any atom is -0.315 e. The molecule has 2 atom stereocenters. The second-order valence-electron chi connectivity index (χ2n) is 17.1. The van der Waals surface area contributed by atoms with Gasteiger partial charge in [-0.15, -0.1) is 22.7 Å². The first-order chi connectivity index (χ1) is 31.2. The van der Waals surface area contributed by atoms with Gasteiger partial charge < -0.3 is 4.90 Å². The normalized spacial score (nSPS) is 16.6. The maximum absolute atomic E-state index is 5.59. The highest BCUT2D eigenvalue weighted by molar-refractivity contribution is 7.26. The van der Waals surface area contributed by atoms with E-state index in [1.807, 2.05) is 22.7 Å². The van der Waals surface area contributed by atoms with Crippen LogP contribution in [-0.2, 0) is 0 Å². The maximum atomic E-state index is 5.59. The van der Waals surface area contributed by atoms with Gasteiger partial charge in [-0.1, -0.05) is 157 Å². The van der Waals surface area contributed by atoms with Crippen LogP contribution >= 0.6 is 22.7 Å². The smallest absolute Gasteiger partial charge is 0.162 e. The fraction of sp³-hybridized carbons (Fsp3) is 0.0690. The monoisotopic (exact) mass is 839 g/mol. The maximum Gasteiger partial charge on any atom is 0.162 e. The van der Waals surface area contributed by atoms with Gasteiger partial charge in [0.2, 0.25) is 0 Å². The number of nitrogens with zero attached hydrogens (tertiary/aromatic N) is 3. The molecule has 8 aromatic carbocycles. The average molecular weight is 840 g/mol. The summed E-state index contributed by atoms with van der Waals surface area (Å²) >= 11 is 3.78. The van der Waals surface area contributed by atoms with Gasteiger partial charge in [-0.25, -0.2) is 9.97 Å². The molecule has 14 rings (SSSR count). The van der Waals surface area contributed by atoms with Crippen LogP contribution in [-0.4, -0.2) is 9.97 Å². The van der Waals surface area contributed by atoms with Gasteiger partial charge in [-0.05, 0) is 104 Å². The molecule has 4 heterocycles. The van der Waals surface area contributed by atoms with Crippen LogP contribution in [0.2, 0.25) is 0 Å². The number of hydrogen-bond acceptors (Lipinski definition) is 5. The SMILES string of the molecule is C1=CC2=C(CC1)C1c3ccccc3N(c3nc(-c4ccccc4)nc4c3sc3ccccc34)C1c1sc3ccc(-c4cccc(-c5cc6ccccc6c6ccccc56)c4)cc3c12. The fourth-order valence-electron chi connectivity index (χ4n) is 11.0. The van der Waals surface area contributed by atoms with Crippen LogP contribution in [0.25, 0.3) is 91.1 Å². The van der Waals surface area contributed by atoms with E-state index in [0.717, 1.165) is 40.3 Å². The van der Waals surface area contributed by atoms with E-state index >= 15 is 0 Å². The summed E-state index contributed by atoms with van der Waals surface area (Å²) in [4.78, 5) is 14.9. The lowest BCUT2D eigenvalue weighted by molar-refractivity contribution is 0.623. The Kier molecular flexibility index (Phi) is 7.68. The molecule has 0 bridgehead atoms. The summed E-state index contributed by atoms with van der Waals surface area (Å²) < 4.78 is 3.69. The van der Waals surface area contributed by atoms with Gasteiger partial charge in [0.1, 0.15) is 0 Å². The molecule has 0 N–H and O–H groups in total. The summed E-state index contributed by atoms with van der Waals surface area (Å²) in [7, 11) is 0. The summed E-state index contributed by atoms with van der Waals surface area (Å²) in [6, 6.07) is 64.7. The number of anilines is 2. The molecule has 2 unspecified atom stereocenters. The molecule has 11 aromatic rings. The number of thiophene rings is 2. The van der Waals surface area contributed by atoms with Crippen molar-refractivity contribution in [2.45, 2.75) is 24.8 Å². The third-order valence-electron chi connectivity index (χ3n) is 13.7. The Morgan fingerprint density at radius 3 is 2.19 bits per heavy atom. The molecule has 3 aliphatic rings. The van der Waals surface area contributed by atoms with Gasteiger partial charge in [-0.2, -0.15) is 0 Å². The molecule has 296 valence electrons. The number of rotatable bonds is 4. The largest absolute Gasteiger partial charge is 0.315 e. The van der Waals surface area contributed by atoms with Crippen LogP contribution in [0.1, 0.15) is 40.8 Å². The van der Waals surface area contributed by atoms with Crippen LogP contribution in [0.4, 0.5) is 11.5 Å². The number of hydrogen-bond donors (Lipinski definition) is 0. The Hall–Kier alpha value is -7.18. The quantitative estimate of drug-likeness (QED) is 0.165. The Morgan fingerprint density at radius 1 is 0.540 bits per heavy atom. The number of aromatic nitrogens is 2. The summed E-state index contributed by atoms with van der Waals surface area (Å²) in [6.07, 6.45) is 6.93. The van der Waals surface area contributed by atoms with Crippen LogP contribution in [0.3, 0.4) is 0 Å². The van der Waals surface area contributed by atoms with E-state index in [9.17, 15) is 0 Å². The van der Waals surface area contributed by atoms with Crippen molar-refractivity contribution >= 4 is 91.7 Å². The van der Waals surface area contributed by atoms with Gasteiger partial charge in [0.25, 0.3) is 0 Å². The molecule has 0 radical (unpaired) electrons. The van der Waals surface area contributed by atoms with Crippen LogP contribution < -0.4 is 4.90 Å². The Bertz CT molecular complexity index is 3780. The highest BCUT2D eigenvalue weighted by atomic mass is 32.1. The van der Waals surface area contributed by atoms with Crippen LogP contribution in [0.15, 0.2) is 194 Å². The zero-order valence-electron chi connectivity index (χ0n) is 34.1. The molecule has 0 saturated carbocycles. The molecule has 1 aliphatic heterocycles. The Balaban J connectivity index is 0.976. The molecule has 63 heavy (non-hydrogen) atoms. The summed E-state index contributed by atoms with van der Waals surface area (Å²) in [5.41, 5.74) is 14.0. The first kappa shape index (κ1) is 35.4. The van der Waals surface area contributed by atoms with Gasteiger partial charge in [0.15, 0.2) is 11.6 Å². The lowest BCUT2D eigenvalue weighted by Gasteiger charge is -2.36. The fourth-order valence-corrected chi connectivity index (χ4v) is 13.4. The summed E-state index contributed by atoms with van der Waals surface area (Å²) in [5, 5.41) is 7.65. The zero-order chi connectivity index (χ0) is 41.2. The minimum atomic E-state index is 0.0555. The predicted molar refractivity (Wildman–Crippen MR) is 267 cm³/mol. The molecule has 3 nitrogen and oxygen atoms in total. The third kappa shape index (κ3) is 5.24. The third-order valence-corrected chi connectivity index (χ3v) is 16.1. The average Bonchev–Trinajstić information content (AvgIpc) is 4.04. The van der Waals surface area contributed by atoms with E-state index in [-0.39, 0.29) is 12.0 Å². The van der Waals surface area contributed by atoms with Crippen molar-refractivity contribution in [1.29, 1.82) is 0 Å². The van der Waals surface area contributed by atoms with E-state index in [0.29, 0.717) is 0 Å². The first-order valence-corrected chi connectivity index (χ1v) is 23.5. The second-order valence-corrected chi connectivity index (χ2v) is 19.2. The molecule has 0 amide bonds. The van der Waals surface area contributed by atoms with Crippen molar-refractivity contribution in [1.82, 2.24) is 9.97 Å². The summed E-state index contributed by atoms with van der Waals surface area (Å²) in [6.45, 7) is 0. The number of allylic oxidation sites excluding steroid dienone is 3. The van der Waals surface area contributed by atoms with E-state index in [1.54, 1.807) is 5.57 Å². The second kappa shape index (κ2) is 13.7. The van der Waals surface area contributed by atoms with Crippen molar-refractivity contribution in [3.63, 3.8) is 0 Å². The molecule has 0 fully saturated rings. The highest BCUT2D eigenvalue weighted by Gasteiger charge is 2.49. The van der Waals surface area contributed by atoms with Crippen molar-refractivity contribution in [3.8, 4) is 33.6 Å². The van der Waals surface area contributed by atoms with E-state index < -0.39 is 0 Å². The van der Waals surface area contributed by atoms with Crippen molar-refractivity contribution < 1.29 is 0 Å². The topological polar surface area (TPSA) is 29.0 Å². The minimum absolute atomic E-state index is 0.0555. The van der Waals surface area contributed by atoms with Crippen molar-refractivity contribution in [3.05, 3.63) is 210 Å². The summed E-state index contributed by atoms with van der Waals surface area (Å²) in [5.74, 6) is 1.98. The molecular weight excluding hydrogens is 803 g/mol. The van der Waals surface area contributed by atoms with E-state index in [2.05, 4.69) is 193 Å². The molecule has 2 aliphatic carbocycles. The lowest BCUT2D eigenvalue weighted by atomic mass is 9.73.